The first-order valence-electron chi connectivity index (χ1n) is 6.82. The van der Waals surface area contributed by atoms with Crippen molar-refractivity contribution in [1.82, 2.24) is 0 Å². The molecule has 1 aliphatic heterocycles. The van der Waals surface area contributed by atoms with Crippen LogP contribution in [0.3, 0.4) is 0 Å². The molecular weight excluding hydrogens is 306 g/mol. The van der Waals surface area contributed by atoms with Crippen molar-refractivity contribution in [2.75, 3.05) is 13.7 Å². The van der Waals surface area contributed by atoms with Gasteiger partial charge in [0.15, 0.2) is 0 Å². The first kappa shape index (κ1) is 16.0. The molecule has 2 heterocycles. The SMILES string of the molecule is COC(=O)C(c1ccccc1)[NH+]1CCc2sccc2C1.[Cl-]. The number of thiophene rings is 1. The Bertz CT molecular complexity index is 599. The second-order valence-corrected chi connectivity index (χ2v) is 6.07. The van der Waals surface area contributed by atoms with Crippen LogP contribution in [0.4, 0.5) is 0 Å². The van der Waals surface area contributed by atoms with Crippen molar-refractivity contribution in [3.63, 3.8) is 0 Å². The minimum Gasteiger partial charge on any atom is -1.00 e. The number of methoxy groups -OCH3 is 1. The van der Waals surface area contributed by atoms with Crippen molar-refractivity contribution in [1.29, 1.82) is 0 Å². The smallest absolute Gasteiger partial charge is 0.369 e. The Morgan fingerprint density at radius 3 is 2.76 bits per heavy atom. The van der Waals surface area contributed by atoms with Gasteiger partial charge in [0.1, 0.15) is 6.54 Å². The maximum absolute atomic E-state index is 12.2. The van der Waals surface area contributed by atoms with Gasteiger partial charge >= 0.3 is 5.97 Å². The van der Waals surface area contributed by atoms with Gasteiger partial charge in [-0.15, -0.1) is 11.3 Å². The second-order valence-electron chi connectivity index (χ2n) is 5.07. The van der Waals surface area contributed by atoms with Crippen LogP contribution in [0.25, 0.3) is 0 Å². The van der Waals surface area contributed by atoms with Gasteiger partial charge in [-0.1, -0.05) is 30.3 Å². The number of nitrogens with one attached hydrogen (secondary N) is 1. The Morgan fingerprint density at radius 1 is 1.29 bits per heavy atom. The lowest BCUT2D eigenvalue weighted by Gasteiger charge is -2.30. The number of hydrogen-bond donors (Lipinski definition) is 1. The molecule has 2 atom stereocenters. The number of esters is 1. The van der Waals surface area contributed by atoms with E-state index in [2.05, 4.69) is 11.4 Å². The van der Waals surface area contributed by atoms with Crippen LogP contribution < -0.4 is 17.3 Å². The van der Waals surface area contributed by atoms with E-state index in [4.69, 9.17) is 4.74 Å². The highest BCUT2D eigenvalue weighted by molar-refractivity contribution is 7.10. The molecular formula is C16H18ClNO2S. The van der Waals surface area contributed by atoms with Crippen molar-refractivity contribution in [2.24, 2.45) is 0 Å². The summed E-state index contributed by atoms with van der Waals surface area (Å²) in [7, 11) is 1.47. The van der Waals surface area contributed by atoms with Crippen molar-refractivity contribution in [3.05, 3.63) is 57.8 Å². The fourth-order valence-corrected chi connectivity index (χ4v) is 3.81. The van der Waals surface area contributed by atoms with Gasteiger partial charge in [-0.3, -0.25) is 0 Å². The minimum atomic E-state index is -0.228. The molecule has 0 fully saturated rings. The van der Waals surface area contributed by atoms with Gasteiger partial charge in [-0.2, -0.15) is 0 Å². The zero-order valence-corrected chi connectivity index (χ0v) is 13.4. The van der Waals surface area contributed by atoms with Crippen molar-refractivity contribution in [3.8, 4) is 0 Å². The largest absolute Gasteiger partial charge is 1.00 e. The van der Waals surface area contributed by atoms with Crippen LogP contribution in [-0.4, -0.2) is 19.6 Å². The first-order valence-corrected chi connectivity index (χ1v) is 7.70. The Morgan fingerprint density at radius 2 is 2.05 bits per heavy atom. The zero-order valence-electron chi connectivity index (χ0n) is 11.8. The average molecular weight is 324 g/mol. The van der Waals surface area contributed by atoms with Crippen LogP contribution in [0.1, 0.15) is 22.0 Å². The van der Waals surface area contributed by atoms with Gasteiger partial charge < -0.3 is 22.0 Å². The summed E-state index contributed by atoms with van der Waals surface area (Å²) in [5, 5.41) is 2.14. The first-order chi connectivity index (χ1) is 9.79. The number of benzene rings is 1. The van der Waals surface area contributed by atoms with Gasteiger partial charge in [0.05, 0.1) is 13.7 Å². The molecule has 2 unspecified atom stereocenters. The highest BCUT2D eigenvalue weighted by Crippen LogP contribution is 2.20. The third kappa shape index (κ3) is 3.28. The van der Waals surface area contributed by atoms with Gasteiger partial charge in [0, 0.05) is 22.4 Å². The summed E-state index contributed by atoms with van der Waals surface area (Å²) in [6.07, 6.45) is 1.04. The summed E-state index contributed by atoms with van der Waals surface area (Å²) in [6, 6.07) is 11.9. The lowest BCUT2D eigenvalue weighted by atomic mass is 10.0. The molecule has 2 aromatic rings. The molecule has 1 aliphatic rings. The number of rotatable bonds is 3. The normalized spacial score (nSPS) is 18.2. The van der Waals surface area contributed by atoms with Gasteiger partial charge in [-0.05, 0) is 11.4 Å². The average Bonchev–Trinajstić information content (AvgIpc) is 2.96. The van der Waals surface area contributed by atoms with Crippen molar-refractivity contribution in [2.45, 2.75) is 19.0 Å². The Labute approximate surface area is 135 Å². The fourth-order valence-electron chi connectivity index (χ4n) is 2.90. The number of carbonyl (C=O) groups excluding carboxylic acids is 1. The Kier molecular flexibility index (Phi) is 5.39. The molecule has 5 heteroatoms. The van der Waals surface area contributed by atoms with Crippen LogP contribution in [0.2, 0.25) is 0 Å². The maximum Gasteiger partial charge on any atom is 0.369 e. The van der Waals surface area contributed by atoms with E-state index in [0.717, 1.165) is 25.1 Å². The molecule has 1 aromatic carbocycles. The van der Waals surface area contributed by atoms with Crippen LogP contribution in [0.15, 0.2) is 41.8 Å². The molecule has 21 heavy (non-hydrogen) atoms. The third-order valence-electron chi connectivity index (χ3n) is 3.91. The monoisotopic (exact) mass is 323 g/mol. The van der Waals surface area contributed by atoms with Crippen LogP contribution in [0, 0.1) is 0 Å². The molecule has 0 amide bonds. The Balaban J connectivity index is 0.00000161. The Hall–Kier alpha value is -1.36. The molecule has 0 aliphatic carbocycles. The number of fused-ring (bicyclic) bond motifs is 1. The van der Waals surface area contributed by atoms with E-state index in [9.17, 15) is 4.79 Å². The second kappa shape index (κ2) is 7.07. The highest BCUT2D eigenvalue weighted by Gasteiger charge is 2.35. The molecule has 112 valence electrons. The van der Waals surface area contributed by atoms with Crippen molar-refractivity contribution >= 4 is 17.3 Å². The van der Waals surface area contributed by atoms with E-state index in [-0.39, 0.29) is 24.4 Å². The number of carbonyl (C=O) groups is 1. The molecule has 3 rings (SSSR count). The predicted molar refractivity (Wildman–Crippen MR) is 78.8 cm³/mol. The van der Waals surface area contributed by atoms with Gasteiger partial charge in [0.25, 0.3) is 0 Å². The predicted octanol–water partition coefficient (Wildman–Crippen LogP) is -1.39. The molecule has 3 nitrogen and oxygen atoms in total. The number of halogens is 1. The van der Waals surface area contributed by atoms with E-state index < -0.39 is 0 Å². The number of quaternary nitrogens is 1. The zero-order chi connectivity index (χ0) is 13.9. The van der Waals surface area contributed by atoms with E-state index in [1.807, 2.05) is 41.7 Å². The van der Waals surface area contributed by atoms with Crippen molar-refractivity contribution < 1.29 is 26.8 Å². The molecule has 1 N–H and O–H groups in total. The van der Waals surface area contributed by atoms with Crippen LogP contribution in [0.5, 0.6) is 0 Å². The van der Waals surface area contributed by atoms with E-state index in [1.54, 1.807) is 0 Å². The fraction of sp³-hybridized carbons (Fsp3) is 0.312. The third-order valence-corrected chi connectivity index (χ3v) is 4.93. The molecule has 0 saturated heterocycles. The van der Waals surface area contributed by atoms with Crippen LogP contribution >= 0.6 is 11.3 Å². The lowest BCUT2D eigenvalue weighted by molar-refractivity contribution is -0.938. The van der Waals surface area contributed by atoms with Gasteiger partial charge in [0.2, 0.25) is 6.04 Å². The summed E-state index contributed by atoms with van der Waals surface area (Å²) in [4.78, 5) is 15.0. The highest BCUT2D eigenvalue weighted by atomic mass is 35.5. The summed E-state index contributed by atoms with van der Waals surface area (Å²) in [6.45, 7) is 1.87. The quantitative estimate of drug-likeness (QED) is 0.705. The minimum absolute atomic E-state index is 0. The molecule has 0 bridgehead atoms. The summed E-state index contributed by atoms with van der Waals surface area (Å²) in [5.74, 6) is -0.148. The topological polar surface area (TPSA) is 30.7 Å². The van der Waals surface area contributed by atoms with E-state index >= 15 is 0 Å². The van der Waals surface area contributed by atoms with Gasteiger partial charge in [-0.25, -0.2) is 4.79 Å². The molecule has 0 radical (unpaired) electrons. The standard InChI is InChI=1S/C16H17NO2S.ClH/c1-19-16(18)15(12-5-3-2-4-6-12)17-9-7-14-13(11-17)8-10-20-14;/h2-6,8,10,15H,7,9,11H2,1H3;1H. The number of hydrogen-bond acceptors (Lipinski definition) is 3. The molecule has 1 aromatic heterocycles. The van der Waals surface area contributed by atoms with Crippen LogP contribution in [-0.2, 0) is 22.5 Å². The van der Waals surface area contributed by atoms with E-state index in [0.29, 0.717) is 0 Å². The summed E-state index contributed by atoms with van der Waals surface area (Å²) in [5.41, 5.74) is 2.41. The number of ether oxygens (including phenoxy) is 1. The van der Waals surface area contributed by atoms with E-state index in [1.165, 1.54) is 22.5 Å². The molecule has 0 spiro atoms. The molecule has 0 saturated carbocycles. The maximum atomic E-state index is 12.2. The summed E-state index contributed by atoms with van der Waals surface area (Å²) < 4.78 is 5.03. The lowest BCUT2D eigenvalue weighted by Crippen LogP contribution is -3.12. The summed E-state index contributed by atoms with van der Waals surface area (Å²) >= 11 is 1.82.